The lowest BCUT2D eigenvalue weighted by atomic mass is 9.87. The highest BCUT2D eigenvalue weighted by Gasteiger charge is 2.31. The smallest absolute Gasteiger partial charge is 0.0498 e. The first-order chi connectivity index (χ1) is 8.63. The van der Waals surface area contributed by atoms with E-state index < -0.39 is 0 Å². The monoisotopic (exact) mass is 266 g/mol. The number of nitrogens with two attached hydrogens (primary N) is 1. The summed E-state index contributed by atoms with van der Waals surface area (Å²) in [6.07, 6.45) is 4.95. The van der Waals surface area contributed by atoms with Crippen LogP contribution < -0.4 is 5.73 Å². The van der Waals surface area contributed by atoms with Gasteiger partial charge in [-0.25, -0.2) is 0 Å². The van der Waals surface area contributed by atoms with Crippen molar-refractivity contribution in [2.45, 2.75) is 50.7 Å². The Morgan fingerprint density at radius 1 is 1.33 bits per heavy atom. The van der Waals surface area contributed by atoms with Crippen LogP contribution in [0.3, 0.4) is 0 Å². The van der Waals surface area contributed by atoms with E-state index in [4.69, 9.17) is 17.3 Å². The van der Waals surface area contributed by atoms with Gasteiger partial charge in [0, 0.05) is 23.1 Å². The molecule has 0 aliphatic heterocycles. The minimum atomic E-state index is 0.178. The average Bonchev–Trinajstić information content (AvgIpc) is 2.29. The molecule has 1 aliphatic carbocycles. The van der Waals surface area contributed by atoms with Gasteiger partial charge in [-0.15, -0.1) is 0 Å². The van der Waals surface area contributed by atoms with Gasteiger partial charge in [0.15, 0.2) is 0 Å². The zero-order chi connectivity index (χ0) is 13.1. The van der Waals surface area contributed by atoms with Crippen molar-refractivity contribution in [1.29, 1.82) is 0 Å². The number of rotatable bonds is 5. The lowest BCUT2D eigenvalue weighted by molar-refractivity contribution is 0.0938. The second-order valence-corrected chi connectivity index (χ2v) is 5.76. The zero-order valence-electron chi connectivity index (χ0n) is 11.3. The van der Waals surface area contributed by atoms with Crippen molar-refractivity contribution in [2.75, 3.05) is 7.05 Å². The van der Waals surface area contributed by atoms with Crippen molar-refractivity contribution in [1.82, 2.24) is 4.90 Å². The van der Waals surface area contributed by atoms with Gasteiger partial charge in [0.1, 0.15) is 0 Å². The number of likely N-dealkylation sites (N-methyl/N-ethyl adjacent to an activating group) is 1. The van der Waals surface area contributed by atoms with Gasteiger partial charge in [0.2, 0.25) is 0 Å². The van der Waals surface area contributed by atoms with Crippen molar-refractivity contribution in [3.8, 4) is 0 Å². The van der Waals surface area contributed by atoms with E-state index in [2.05, 4.69) is 31.0 Å². The molecule has 1 fully saturated rings. The van der Waals surface area contributed by atoms with Crippen LogP contribution in [0.2, 0.25) is 5.02 Å². The van der Waals surface area contributed by atoms with E-state index >= 15 is 0 Å². The molecule has 2 N–H and O–H groups in total. The maximum atomic E-state index is 6.33. The Balaban J connectivity index is 2.20. The van der Waals surface area contributed by atoms with Crippen molar-refractivity contribution in [3.05, 3.63) is 34.9 Å². The fourth-order valence-electron chi connectivity index (χ4n) is 2.69. The van der Waals surface area contributed by atoms with Gasteiger partial charge >= 0.3 is 0 Å². The third-order valence-electron chi connectivity index (χ3n) is 4.18. The Morgan fingerprint density at radius 2 is 1.94 bits per heavy atom. The van der Waals surface area contributed by atoms with E-state index in [-0.39, 0.29) is 6.04 Å². The molecule has 18 heavy (non-hydrogen) atoms. The van der Waals surface area contributed by atoms with Gasteiger partial charge < -0.3 is 5.73 Å². The van der Waals surface area contributed by atoms with Crippen molar-refractivity contribution < 1.29 is 0 Å². The fourth-order valence-corrected chi connectivity index (χ4v) is 2.81. The number of benzene rings is 1. The van der Waals surface area contributed by atoms with Crippen molar-refractivity contribution >= 4 is 11.6 Å². The highest BCUT2D eigenvalue weighted by Crippen LogP contribution is 2.33. The molecule has 1 saturated carbocycles. The summed E-state index contributed by atoms with van der Waals surface area (Å²) >= 11 is 5.97. The van der Waals surface area contributed by atoms with Crippen LogP contribution in [-0.2, 0) is 0 Å². The predicted octanol–water partition coefficient (Wildman–Crippen LogP) is 3.60. The Kier molecular flexibility index (Phi) is 4.66. The molecule has 0 bridgehead atoms. The van der Waals surface area contributed by atoms with Crippen LogP contribution in [0.1, 0.15) is 44.2 Å². The van der Waals surface area contributed by atoms with Gasteiger partial charge in [-0.2, -0.15) is 0 Å². The molecule has 2 atom stereocenters. The zero-order valence-corrected chi connectivity index (χ0v) is 12.0. The highest BCUT2D eigenvalue weighted by atomic mass is 35.5. The molecule has 0 aromatic heterocycles. The molecule has 0 amide bonds. The van der Waals surface area contributed by atoms with Gasteiger partial charge in [-0.05, 0) is 44.0 Å². The number of nitrogens with zero attached hydrogens (tertiary/aromatic N) is 1. The van der Waals surface area contributed by atoms with Crippen LogP contribution in [0, 0.1) is 0 Å². The Morgan fingerprint density at radius 3 is 2.39 bits per heavy atom. The number of hydrogen-bond donors (Lipinski definition) is 1. The second-order valence-electron chi connectivity index (χ2n) is 5.32. The molecular formula is C15H23ClN2. The molecule has 1 aliphatic rings. The maximum Gasteiger partial charge on any atom is 0.0498 e. The Labute approximate surface area is 115 Å². The Hall–Kier alpha value is -0.570. The summed E-state index contributed by atoms with van der Waals surface area (Å²) in [7, 11) is 2.21. The topological polar surface area (TPSA) is 29.3 Å². The third-order valence-corrected chi connectivity index (χ3v) is 4.43. The third kappa shape index (κ3) is 2.87. The summed E-state index contributed by atoms with van der Waals surface area (Å²) in [4.78, 5) is 2.46. The van der Waals surface area contributed by atoms with Gasteiger partial charge in [0.05, 0.1) is 0 Å². The molecular weight excluding hydrogens is 244 g/mol. The van der Waals surface area contributed by atoms with Crippen molar-refractivity contribution in [3.63, 3.8) is 0 Å². The largest absolute Gasteiger partial charge is 0.326 e. The minimum Gasteiger partial charge on any atom is -0.326 e. The summed E-state index contributed by atoms with van der Waals surface area (Å²) in [5.41, 5.74) is 7.61. The second kappa shape index (κ2) is 6.05. The summed E-state index contributed by atoms with van der Waals surface area (Å²) in [5, 5.41) is 0.786. The molecule has 100 valence electrons. The summed E-state index contributed by atoms with van der Waals surface area (Å²) in [6, 6.07) is 9.31. The molecule has 0 saturated heterocycles. The van der Waals surface area contributed by atoms with Crippen LogP contribution in [-0.4, -0.2) is 24.0 Å². The summed E-state index contributed by atoms with van der Waals surface area (Å²) in [6.45, 7) is 2.15. The first-order valence-electron chi connectivity index (χ1n) is 6.86. The van der Waals surface area contributed by atoms with Crippen LogP contribution >= 0.6 is 11.6 Å². The fraction of sp³-hybridized carbons (Fsp3) is 0.600. The molecule has 2 rings (SSSR count). The standard InChI is InChI=1S/C15H23ClN2/c1-3-14(17)15(18(2)13-5-4-6-13)11-7-9-12(16)10-8-11/h7-10,13-15H,3-6,17H2,1-2H3. The lowest BCUT2D eigenvalue weighted by Gasteiger charge is -2.42. The first-order valence-corrected chi connectivity index (χ1v) is 7.24. The Bertz CT molecular complexity index is 373. The van der Waals surface area contributed by atoms with Crippen LogP contribution in [0.25, 0.3) is 0 Å². The molecule has 0 radical (unpaired) electrons. The highest BCUT2D eigenvalue weighted by molar-refractivity contribution is 6.30. The normalized spacial score (nSPS) is 19.6. The van der Waals surface area contributed by atoms with E-state index in [9.17, 15) is 0 Å². The van der Waals surface area contributed by atoms with E-state index in [0.717, 1.165) is 11.4 Å². The average molecular weight is 267 g/mol. The SMILES string of the molecule is CCC(N)C(c1ccc(Cl)cc1)N(C)C1CCC1. The molecule has 3 heteroatoms. The quantitative estimate of drug-likeness (QED) is 0.882. The van der Waals surface area contributed by atoms with E-state index in [1.807, 2.05) is 12.1 Å². The van der Waals surface area contributed by atoms with Crippen LogP contribution in [0.4, 0.5) is 0 Å². The molecule has 2 unspecified atom stereocenters. The van der Waals surface area contributed by atoms with Gasteiger partial charge in [-0.3, -0.25) is 4.90 Å². The maximum absolute atomic E-state index is 6.33. The molecule has 1 aromatic carbocycles. The molecule has 0 spiro atoms. The van der Waals surface area contributed by atoms with Gasteiger partial charge in [0.25, 0.3) is 0 Å². The lowest BCUT2D eigenvalue weighted by Crippen LogP contribution is -2.46. The van der Waals surface area contributed by atoms with E-state index in [1.165, 1.54) is 24.8 Å². The van der Waals surface area contributed by atoms with Crippen LogP contribution in [0.15, 0.2) is 24.3 Å². The predicted molar refractivity (Wildman–Crippen MR) is 77.9 cm³/mol. The first kappa shape index (κ1) is 13.9. The van der Waals surface area contributed by atoms with E-state index in [1.54, 1.807) is 0 Å². The number of halogens is 1. The summed E-state index contributed by atoms with van der Waals surface area (Å²) in [5.74, 6) is 0. The molecule has 0 heterocycles. The van der Waals surface area contributed by atoms with Crippen LogP contribution in [0.5, 0.6) is 0 Å². The number of hydrogen-bond acceptors (Lipinski definition) is 2. The van der Waals surface area contributed by atoms with Gasteiger partial charge in [-0.1, -0.05) is 37.1 Å². The summed E-state index contributed by atoms with van der Waals surface area (Å²) < 4.78 is 0. The molecule has 1 aromatic rings. The molecule has 2 nitrogen and oxygen atoms in total. The minimum absolute atomic E-state index is 0.178. The van der Waals surface area contributed by atoms with Crippen molar-refractivity contribution in [2.24, 2.45) is 5.73 Å². The van der Waals surface area contributed by atoms with E-state index in [0.29, 0.717) is 12.1 Å².